The second kappa shape index (κ2) is 9.58. The Morgan fingerprint density at radius 1 is 0.909 bits per heavy atom. The highest BCUT2D eigenvalue weighted by Crippen LogP contribution is 2.40. The molecule has 0 radical (unpaired) electrons. The summed E-state index contributed by atoms with van der Waals surface area (Å²) < 4.78 is 11.8. The first-order valence-corrected chi connectivity index (χ1v) is 12.1. The Morgan fingerprint density at radius 2 is 1.70 bits per heavy atom. The van der Waals surface area contributed by atoms with E-state index < -0.39 is 0 Å². The van der Waals surface area contributed by atoms with Crippen LogP contribution < -0.4 is 15.4 Å². The van der Waals surface area contributed by atoms with Crippen molar-refractivity contribution in [3.8, 4) is 16.9 Å². The van der Waals surface area contributed by atoms with Crippen LogP contribution in [0.25, 0.3) is 11.1 Å². The van der Waals surface area contributed by atoms with Crippen LogP contribution in [0.2, 0.25) is 0 Å². The van der Waals surface area contributed by atoms with Crippen LogP contribution in [0.4, 0.5) is 5.69 Å². The van der Waals surface area contributed by atoms with Gasteiger partial charge in [0.15, 0.2) is 0 Å². The lowest BCUT2D eigenvalue weighted by atomic mass is 9.76. The number of nitrogens with zero attached hydrogens (tertiary/aromatic N) is 1. The highest BCUT2D eigenvalue weighted by molar-refractivity contribution is 5.70. The minimum atomic E-state index is 0.430. The molecule has 3 aromatic rings. The Labute approximate surface area is 197 Å². The summed E-state index contributed by atoms with van der Waals surface area (Å²) in [4.78, 5) is 2.53. The van der Waals surface area contributed by atoms with Gasteiger partial charge in [-0.2, -0.15) is 0 Å². The fourth-order valence-electron chi connectivity index (χ4n) is 5.00. The zero-order chi connectivity index (χ0) is 22.7. The first-order chi connectivity index (χ1) is 16.2. The van der Waals surface area contributed by atoms with Gasteiger partial charge in [0, 0.05) is 30.7 Å². The van der Waals surface area contributed by atoms with E-state index in [0.29, 0.717) is 18.6 Å². The topological polar surface area (TPSA) is 47.7 Å². The normalized spacial score (nSPS) is 17.1. The summed E-state index contributed by atoms with van der Waals surface area (Å²) in [6, 6.07) is 23.8. The molecule has 0 aromatic heterocycles. The van der Waals surface area contributed by atoms with Gasteiger partial charge in [0.2, 0.25) is 0 Å². The number of rotatable bonds is 7. The van der Waals surface area contributed by atoms with Gasteiger partial charge in [0.1, 0.15) is 12.4 Å². The molecule has 4 heteroatoms. The maximum atomic E-state index is 6.30. The van der Waals surface area contributed by atoms with Crippen LogP contribution in [0.1, 0.15) is 36.5 Å². The molecule has 4 nitrogen and oxygen atoms in total. The molecular weight excluding hydrogens is 408 g/mol. The Hall–Kier alpha value is -2.82. The highest BCUT2D eigenvalue weighted by atomic mass is 16.5. The Balaban J connectivity index is 1.43. The van der Waals surface area contributed by atoms with E-state index in [9.17, 15) is 0 Å². The molecule has 0 saturated carbocycles. The first-order valence-electron chi connectivity index (χ1n) is 12.1. The fourth-order valence-corrected chi connectivity index (χ4v) is 5.00. The number of hydrogen-bond donors (Lipinski definition) is 1. The summed E-state index contributed by atoms with van der Waals surface area (Å²) in [5.41, 5.74) is 13.6. The Kier molecular flexibility index (Phi) is 6.39. The average Bonchev–Trinajstić information content (AvgIpc) is 2.86. The summed E-state index contributed by atoms with van der Waals surface area (Å²) in [6.45, 7) is 7.30. The molecule has 2 fully saturated rings. The standard InChI is InChI=1S/C29H34N2O2/c1-2-24-7-3-4-9-28(24)33-19-23-15-26(25-8-5-6-22(14-25)18-30)17-27(16-23)31-12-10-29(11-13-31)20-32-21-29/h3-9,14-17H,2,10-13,18-21,30H2,1H3. The van der Waals surface area contributed by atoms with Crippen LogP contribution in [0.15, 0.2) is 66.7 Å². The van der Waals surface area contributed by atoms with Crippen molar-refractivity contribution < 1.29 is 9.47 Å². The predicted molar refractivity (Wildman–Crippen MR) is 135 cm³/mol. The lowest BCUT2D eigenvalue weighted by molar-refractivity contribution is -0.124. The number of benzene rings is 3. The van der Waals surface area contributed by atoms with Crippen molar-refractivity contribution in [2.24, 2.45) is 11.1 Å². The predicted octanol–water partition coefficient (Wildman–Crippen LogP) is 5.57. The van der Waals surface area contributed by atoms with Crippen LogP contribution in [-0.4, -0.2) is 26.3 Å². The van der Waals surface area contributed by atoms with Crippen molar-refractivity contribution in [1.82, 2.24) is 0 Å². The number of anilines is 1. The average molecular weight is 443 g/mol. The van der Waals surface area contributed by atoms with Gasteiger partial charge in [-0.1, -0.05) is 43.3 Å². The number of hydrogen-bond acceptors (Lipinski definition) is 4. The molecule has 3 aromatic carbocycles. The summed E-state index contributed by atoms with van der Waals surface area (Å²) in [5, 5.41) is 0. The summed E-state index contributed by atoms with van der Waals surface area (Å²) in [6.07, 6.45) is 3.37. The Morgan fingerprint density at radius 3 is 2.42 bits per heavy atom. The molecule has 2 heterocycles. The van der Waals surface area contributed by atoms with E-state index >= 15 is 0 Å². The lowest BCUT2D eigenvalue weighted by Crippen LogP contribution is -2.50. The zero-order valence-electron chi connectivity index (χ0n) is 19.6. The summed E-state index contributed by atoms with van der Waals surface area (Å²) in [7, 11) is 0. The van der Waals surface area contributed by atoms with Gasteiger partial charge in [-0.3, -0.25) is 0 Å². The number of aryl methyl sites for hydroxylation is 1. The molecule has 0 atom stereocenters. The van der Waals surface area contributed by atoms with Crippen molar-refractivity contribution in [3.63, 3.8) is 0 Å². The number of para-hydroxylation sites is 1. The first kappa shape index (κ1) is 22.0. The van der Waals surface area contributed by atoms with E-state index in [1.54, 1.807) is 0 Å². The van der Waals surface area contributed by atoms with Crippen LogP contribution in [-0.2, 0) is 24.3 Å². The molecule has 172 valence electrons. The number of ether oxygens (including phenoxy) is 2. The van der Waals surface area contributed by atoms with Gasteiger partial charge in [-0.15, -0.1) is 0 Å². The summed E-state index contributed by atoms with van der Waals surface area (Å²) >= 11 is 0. The minimum Gasteiger partial charge on any atom is -0.489 e. The molecule has 2 aliphatic heterocycles. The van der Waals surface area contributed by atoms with E-state index in [4.69, 9.17) is 15.2 Å². The number of piperidine rings is 1. The maximum Gasteiger partial charge on any atom is 0.122 e. The molecule has 33 heavy (non-hydrogen) atoms. The fraction of sp³-hybridized carbons (Fsp3) is 0.379. The summed E-state index contributed by atoms with van der Waals surface area (Å²) in [5.74, 6) is 0.974. The van der Waals surface area contributed by atoms with Gasteiger partial charge in [-0.25, -0.2) is 0 Å². The largest absolute Gasteiger partial charge is 0.489 e. The highest BCUT2D eigenvalue weighted by Gasteiger charge is 2.41. The second-order valence-corrected chi connectivity index (χ2v) is 9.52. The molecule has 2 N–H and O–H groups in total. The van der Waals surface area contributed by atoms with Gasteiger partial charge in [0.05, 0.1) is 13.2 Å². The van der Waals surface area contributed by atoms with E-state index in [0.717, 1.165) is 44.0 Å². The number of nitrogens with two attached hydrogens (primary N) is 1. The monoisotopic (exact) mass is 442 g/mol. The van der Waals surface area contributed by atoms with Crippen LogP contribution in [0, 0.1) is 5.41 Å². The molecule has 2 aliphatic rings. The maximum absolute atomic E-state index is 6.30. The SMILES string of the molecule is CCc1ccccc1OCc1cc(-c2cccc(CN)c2)cc(N2CCC3(CC2)COC3)c1. The van der Waals surface area contributed by atoms with Crippen molar-refractivity contribution in [3.05, 3.63) is 83.4 Å². The zero-order valence-corrected chi connectivity index (χ0v) is 19.6. The van der Waals surface area contributed by atoms with E-state index in [-0.39, 0.29) is 0 Å². The third kappa shape index (κ3) is 4.78. The molecule has 2 saturated heterocycles. The molecule has 0 unspecified atom stereocenters. The van der Waals surface area contributed by atoms with Crippen LogP contribution >= 0.6 is 0 Å². The quantitative estimate of drug-likeness (QED) is 0.520. The molecule has 0 aliphatic carbocycles. The molecule has 1 spiro atoms. The van der Waals surface area contributed by atoms with E-state index in [2.05, 4.69) is 72.5 Å². The van der Waals surface area contributed by atoms with Crippen molar-refractivity contribution in [2.45, 2.75) is 39.3 Å². The van der Waals surface area contributed by atoms with E-state index in [1.165, 1.54) is 40.8 Å². The van der Waals surface area contributed by atoms with E-state index in [1.807, 2.05) is 6.07 Å². The van der Waals surface area contributed by atoms with Crippen LogP contribution in [0.5, 0.6) is 5.75 Å². The van der Waals surface area contributed by atoms with Gasteiger partial charge in [0.25, 0.3) is 0 Å². The van der Waals surface area contributed by atoms with Crippen molar-refractivity contribution in [2.75, 3.05) is 31.2 Å². The third-order valence-electron chi connectivity index (χ3n) is 7.23. The minimum absolute atomic E-state index is 0.430. The Bertz CT molecular complexity index is 1100. The van der Waals surface area contributed by atoms with Crippen molar-refractivity contribution >= 4 is 5.69 Å². The third-order valence-corrected chi connectivity index (χ3v) is 7.23. The van der Waals surface area contributed by atoms with Crippen LogP contribution in [0.3, 0.4) is 0 Å². The van der Waals surface area contributed by atoms with Gasteiger partial charge in [-0.05, 0) is 77.4 Å². The molecular formula is C29H34N2O2. The second-order valence-electron chi connectivity index (χ2n) is 9.52. The van der Waals surface area contributed by atoms with Crippen molar-refractivity contribution in [1.29, 1.82) is 0 Å². The molecule has 0 bridgehead atoms. The van der Waals surface area contributed by atoms with Gasteiger partial charge < -0.3 is 20.1 Å². The molecule has 5 rings (SSSR count). The molecule has 0 amide bonds. The van der Waals surface area contributed by atoms with Gasteiger partial charge >= 0.3 is 0 Å². The smallest absolute Gasteiger partial charge is 0.122 e. The lowest BCUT2D eigenvalue weighted by Gasteiger charge is -2.48.